The maximum atomic E-state index is 13.0. The van der Waals surface area contributed by atoms with Gasteiger partial charge in [-0.3, -0.25) is 15.0 Å². The fourth-order valence-corrected chi connectivity index (χ4v) is 4.96. The molecule has 0 saturated carbocycles. The van der Waals surface area contributed by atoms with Crippen molar-refractivity contribution >= 4 is 15.9 Å². The van der Waals surface area contributed by atoms with Gasteiger partial charge in [0, 0.05) is 18.9 Å². The zero-order valence-corrected chi connectivity index (χ0v) is 15.6. The van der Waals surface area contributed by atoms with Gasteiger partial charge in [-0.15, -0.1) is 0 Å². The molecule has 2 unspecified atom stereocenters. The van der Waals surface area contributed by atoms with E-state index in [2.05, 4.69) is 4.98 Å². The predicted octanol–water partition coefficient (Wildman–Crippen LogP) is 2.17. The number of rotatable bonds is 5. The van der Waals surface area contributed by atoms with Gasteiger partial charge in [0.2, 0.25) is 10.0 Å². The molecule has 1 fully saturated rings. The lowest BCUT2D eigenvalue weighted by molar-refractivity contribution is -0.135. The van der Waals surface area contributed by atoms with Gasteiger partial charge in [0.15, 0.2) is 0 Å². The highest BCUT2D eigenvalue weighted by atomic mass is 32.2. The number of piperidine rings is 1. The highest BCUT2D eigenvalue weighted by Gasteiger charge is 2.41. The van der Waals surface area contributed by atoms with Crippen LogP contribution < -0.4 is 10.2 Å². The van der Waals surface area contributed by atoms with Crippen LogP contribution in [0.4, 0.5) is 0 Å². The summed E-state index contributed by atoms with van der Waals surface area (Å²) >= 11 is 0. The Morgan fingerprint density at radius 2 is 1.81 bits per heavy atom. The number of carbonyl (C=O) groups excluding carboxylic acids is 1. The predicted molar refractivity (Wildman–Crippen MR) is 96.8 cm³/mol. The van der Waals surface area contributed by atoms with Crippen molar-refractivity contribution in [3.05, 3.63) is 48.8 Å². The van der Waals surface area contributed by atoms with E-state index in [1.807, 2.05) is 0 Å². The maximum Gasteiger partial charge on any atom is 0.262 e. The van der Waals surface area contributed by atoms with Crippen molar-refractivity contribution in [3.8, 4) is 11.5 Å². The summed E-state index contributed by atoms with van der Waals surface area (Å²) in [5, 5.41) is 8.99. The summed E-state index contributed by atoms with van der Waals surface area (Å²) in [6, 6.07) is 8.44. The third kappa shape index (κ3) is 4.10. The van der Waals surface area contributed by atoms with Gasteiger partial charge >= 0.3 is 0 Å². The first-order valence-corrected chi connectivity index (χ1v) is 10.0. The number of amides is 1. The van der Waals surface area contributed by atoms with E-state index in [1.165, 1.54) is 12.1 Å². The lowest BCUT2D eigenvalue weighted by atomic mass is 9.92. The highest BCUT2D eigenvalue weighted by molar-refractivity contribution is 7.89. The molecule has 1 amide bonds. The second-order valence-electron chi connectivity index (χ2n) is 6.41. The number of carbonyl (C=O) groups is 1. The average molecular weight is 391 g/mol. The molecule has 0 aliphatic carbocycles. The summed E-state index contributed by atoms with van der Waals surface area (Å²) in [6.07, 6.45) is 4.55. The molecule has 9 heteroatoms. The number of benzene rings is 1. The summed E-state index contributed by atoms with van der Waals surface area (Å²) < 4.78 is 32.9. The summed E-state index contributed by atoms with van der Waals surface area (Å²) in [5.41, 5.74) is 1.58. The summed E-state index contributed by atoms with van der Waals surface area (Å²) in [4.78, 5) is 16.0. The molecule has 3 rings (SSSR count). The molecule has 0 spiro atoms. The second kappa shape index (κ2) is 8.03. The Balaban J connectivity index is 1.84. The molecule has 1 aliphatic rings. The van der Waals surface area contributed by atoms with E-state index in [0.717, 1.165) is 4.31 Å². The number of hydrogen-bond donors (Lipinski definition) is 2. The van der Waals surface area contributed by atoms with E-state index in [9.17, 15) is 13.2 Å². The van der Waals surface area contributed by atoms with Crippen molar-refractivity contribution in [2.24, 2.45) is 5.92 Å². The van der Waals surface area contributed by atoms with Crippen LogP contribution in [0.25, 0.3) is 0 Å². The Morgan fingerprint density at radius 3 is 2.44 bits per heavy atom. The first-order chi connectivity index (χ1) is 12.9. The molecule has 0 radical (unpaired) electrons. The lowest BCUT2D eigenvalue weighted by Gasteiger charge is -2.37. The van der Waals surface area contributed by atoms with Crippen LogP contribution in [0.5, 0.6) is 11.5 Å². The highest BCUT2D eigenvalue weighted by Crippen LogP contribution is 2.30. The minimum atomic E-state index is -3.89. The molecule has 0 bridgehead atoms. The second-order valence-corrected chi connectivity index (χ2v) is 8.30. The van der Waals surface area contributed by atoms with Gasteiger partial charge in [-0.05, 0) is 55.2 Å². The van der Waals surface area contributed by atoms with E-state index in [0.29, 0.717) is 24.3 Å². The monoisotopic (exact) mass is 391 g/mol. The molecule has 27 heavy (non-hydrogen) atoms. The van der Waals surface area contributed by atoms with Gasteiger partial charge in [0.05, 0.1) is 4.90 Å². The largest absolute Gasteiger partial charge is 0.457 e. The number of nitrogens with zero attached hydrogens (tertiary/aromatic N) is 2. The van der Waals surface area contributed by atoms with Crippen LogP contribution in [0.1, 0.15) is 19.8 Å². The van der Waals surface area contributed by atoms with Crippen LogP contribution in [0.3, 0.4) is 0 Å². The maximum absolute atomic E-state index is 13.0. The number of hydrogen-bond acceptors (Lipinski definition) is 6. The number of hydroxylamine groups is 1. The number of pyridine rings is 1. The molecule has 1 aromatic heterocycles. The van der Waals surface area contributed by atoms with Crippen LogP contribution >= 0.6 is 0 Å². The fourth-order valence-electron chi connectivity index (χ4n) is 3.23. The molecule has 2 aromatic rings. The smallest absolute Gasteiger partial charge is 0.262 e. The van der Waals surface area contributed by atoms with Gasteiger partial charge in [-0.2, -0.15) is 4.31 Å². The Bertz CT molecular complexity index is 887. The zero-order valence-electron chi connectivity index (χ0n) is 14.8. The van der Waals surface area contributed by atoms with Crippen LogP contribution in [0.2, 0.25) is 0 Å². The summed E-state index contributed by atoms with van der Waals surface area (Å²) in [5.74, 6) is 0.153. The Labute approximate surface area is 157 Å². The molecule has 2 heterocycles. The normalized spacial score (nSPS) is 20.8. The molecule has 1 aliphatic heterocycles. The SMILES string of the molecule is CC1CCCN(S(=O)(=O)c2ccc(Oc3ccncc3)cc2)C1C(=O)NO. The van der Waals surface area contributed by atoms with Crippen molar-refractivity contribution in [1.29, 1.82) is 0 Å². The first kappa shape index (κ1) is 19.3. The van der Waals surface area contributed by atoms with Gasteiger partial charge in [0.1, 0.15) is 17.5 Å². The van der Waals surface area contributed by atoms with Crippen molar-refractivity contribution < 1.29 is 23.2 Å². The van der Waals surface area contributed by atoms with Crippen molar-refractivity contribution in [3.63, 3.8) is 0 Å². The molecule has 1 aromatic carbocycles. The van der Waals surface area contributed by atoms with Crippen LogP contribution in [-0.2, 0) is 14.8 Å². The zero-order chi connectivity index (χ0) is 19.4. The van der Waals surface area contributed by atoms with Crippen molar-refractivity contribution in [1.82, 2.24) is 14.8 Å². The minimum Gasteiger partial charge on any atom is -0.457 e. The summed E-state index contributed by atoms with van der Waals surface area (Å²) in [7, 11) is -3.89. The third-order valence-corrected chi connectivity index (χ3v) is 6.48. The van der Waals surface area contributed by atoms with Crippen LogP contribution in [0, 0.1) is 5.92 Å². The standard InChI is InChI=1S/C18H21N3O5S/c1-13-3-2-12-21(17(13)18(22)20-23)27(24,25)16-6-4-14(5-7-16)26-15-8-10-19-11-9-15/h4-11,13,17,23H,2-3,12H2,1H3,(H,20,22). The minimum absolute atomic E-state index is 0.0643. The molecule has 8 nitrogen and oxygen atoms in total. The van der Waals surface area contributed by atoms with Gasteiger partial charge in [-0.1, -0.05) is 6.92 Å². The van der Waals surface area contributed by atoms with E-state index in [-0.39, 0.29) is 17.4 Å². The number of sulfonamides is 1. The Hall–Kier alpha value is -2.49. The van der Waals surface area contributed by atoms with Crippen molar-refractivity contribution in [2.75, 3.05) is 6.54 Å². The Kier molecular flexibility index (Phi) is 5.73. The molecule has 144 valence electrons. The topological polar surface area (TPSA) is 109 Å². The molecular weight excluding hydrogens is 370 g/mol. The van der Waals surface area contributed by atoms with Gasteiger partial charge in [0.25, 0.3) is 5.91 Å². The molecule has 2 atom stereocenters. The number of ether oxygens (including phenoxy) is 1. The summed E-state index contributed by atoms with van der Waals surface area (Å²) in [6.45, 7) is 2.02. The third-order valence-electron chi connectivity index (χ3n) is 4.58. The Morgan fingerprint density at radius 1 is 1.19 bits per heavy atom. The average Bonchev–Trinajstić information content (AvgIpc) is 2.68. The number of aromatic nitrogens is 1. The van der Waals surface area contributed by atoms with Gasteiger partial charge in [-0.25, -0.2) is 13.9 Å². The fraction of sp³-hybridized carbons (Fsp3) is 0.333. The van der Waals surface area contributed by atoms with Gasteiger partial charge < -0.3 is 4.74 Å². The van der Waals surface area contributed by atoms with Crippen LogP contribution in [0.15, 0.2) is 53.7 Å². The van der Waals surface area contributed by atoms with E-state index >= 15 is 0 Å². The van der Waals surface area contributed by atoms with E-state index in [1.54, 1.807) is 49.1 Å². The molecule has 1 saturated heterocycles. The number of nitrogens with one attached hydrogen (secondary N) is 1. The first-order valence-electron chi connectivity index (χ1n) is 8.57. The van der Waals surface area contributed by atoms with E-state index < -0.39 is 22.0 Å². The van der Waals surface area contributed by atoms with Crippen molar-refractivity contribution in [2.45, 2.75) is 30.7 Å². The molecular formula is C18H21N3O5S. The van der Waals surface area contributed by atoms with E-state index in [4.69, 9.17) is 9.94 Å². The lowest BCUT2D eigenvalue weighted by Crippen LogP contribution is -2.54. The van der Waals surface area contributed by atoms with Crippen LogP contribution in [-0.4, -0.2) is 41.4 Å². The quantitative estimate of drug-likeness (QED) is 0.597. The molecule has 2 N–H and O–H groups in total.